The minimum atomic E-state index is -0.314. The number of fused-ring (bicyclic) bond motifs is 3. The van der Waals surface area contributed by atoms with E-state index in [2.05, 4.69) is 20.2 Å². The molecule has 4 rings (SSSR count). The van der Waals surface area contributed by atoms with Gasteiger partial charge in [0.05, 0.1) is 16.1 Å². The van der Waals surface area contributed by atoms with E-state index in [0.717, 1.165) is 43.0 Å². The predicted octanol–water partition coefficient (Wildman–Crippen LogP) is 3.73. The lowest BCUT2D eigenvalue weighted by atomic mass is 10.1. The lowest BCUT2D eigenvalue weighted by molar-refractivity contribution is 0.0961. The number of hydrogen-bond acceptors (Lipinski definition) is 4. The normalized spacial score (nSPS) is 13.6. The fraction of sp³-hybridized carbons (Fsp3) is 0.333. The van der Waals surface area contributed by atoms with E-state index in [4.69, 9.17) is 16.6 Å². The molecule has 0 aliphatic carbocycles. The van der Waals surface area contributed by atoms with Gasteiger partial charge < -0.3 is 15.2 Å². The van der Waals surface area contributed by atoms with Crippen LogP contribution in [0.3, 0.4) is 0 Å². The zero-order chi connectivity index (χ0) is 20.5. The van der Waals surface area contributed by atoms with Gasteiger partial charge in [-0.15, -0.1) is 0 Å². The summed E-state index contributed by atoms with van der Waals surface area (Å²) in [5.74, 6) is 0.378. The molecule has 0 saturated carbocycles. The summed E-state index contributed by atoms with van der Waals surface area (Å²) in [5.41, 5.74) is 3.40. The minimum Gasteiger partial charge on any atom is -0.355 e. The number of imidazole rings is 1. The van der Waals surface area contributed by atoms with E-state index in [1.807, 2.05) is 6.92 Å². The highest BCUT2D eigenvalue weighted by atomic mass is 35.5. The van der Waals surface area contributed by atoms with Gasteiger partial charge >= 0.3 is 0 Å². The van der Waals surface area contributed by atoms with Crippen molar-refractivity contribution in [2.24, 2.45) is 0 Å². The Kier molecular flexibility index (Phi) is 5.24. The van der Waals surface area contributed by atoms with E-state index in [1.54, 1.807) is 24.3 Å². The van der Waals surface area contributed by atoms with E-state index in [-0.39, 0.29) is 11.8 Å². The third-order valence-corrected chi connectivity index (χ3v) is 5.46. The van der Waals surface area contributed by atoms with Crippen LogP contribution in [0.1, 0.15) is 51.5 Å². The zero-order valence-corrected chi connectivity index (χ0v) is 17.1. The summed E-state index contributed by atoms with van der Waals surface area (Å²) in [6.07, 6.45) is 4.25. The molecule has 29 heavy (non-hydrogen) atoms. The molecule has 150 valence electrons. The van der Waals surface area contributed by atoms with Crippen LogP contribution in [0.2, 0.25) is 5.02 Å². The van der Waals surface area contributed by atoms with Gasteiger partial charge in [-0.3, -0.25) is 9.59 Å². The lowest BCUT2D eigenvalue weighted by Crippen LogP contribution is -2.19. The van der Waals surface area contributed by atoms with Crippen molar-refractivity contribution in [3.8, 4) is 0 Å². The molecule has 8 heteroatoms. The summed E-state index contributed by atoms with van der Waals surface area (Å²) in [7, 11) is 1.53. The summed E-state index contributed by atoms with van der Waals surface area (Å²) < 4.78 is 2.14. The monoisotopic (exact) mass is 411 g/mol. The molecule has 0 bridgehead atoms. The van der Waals surface area contributed by atoms with E-state index in [9.17, 15) is 9.59 Å². The lowest BCUT2D eigenvalue weighted by Gasteiger charge is -2.10. The first kappa shape index (κ1) is 19.4. The second kappa shape index (κ2) is 7.83. The molecule has 1 aliphatic heterocycles. The first-order valence-electron chi connectivity index (χ1n) is 9.67. The zero-order valence-electron chi connectivity index (χ0n) is 16.4. The Morgan fingerprint density at radius 3 is 2.69 bits per heavy atom. The van der Waals surface area contributed by atoms with Gasteiger partial charge in [-0.2, -0.15) is 0 Å². The van der Waals surface area contributed by atoms with Crippen LogP contribution in [0.5, 0.6) is 0 Å². The molecule has 2 N–H and O–H groups in total. The fourth-order valence-corrected chi connectivity index (χ4v) is 3.90. The number of rotatable bonds is 3. The quantitative estimate of drug-likeness (QED) is 0.687. The molecule has 0 saturated heterocycles. The number of hydrogen-bond donors (Lipinski definition) is 2. The second-order valence-corrected chi connectivity index (χ2v) is 7.61. The molecule has 1 aliphatic rings. The number of amides is 2. The summed E-state index contributed by atoms with van der Waals surface area (Å²) in [4.78, 5) is 34.4. The topological polar surface area (TPSA) is 88.9 Å². The van der Waals surface area contributed by atoms with Crippen molar-refractivity contribution in [3.63, 3.8) is 0 Å². The molecular formula is C21H22ClN5O2. The van der Waals surface area contributed by atoms with Crippen LogP contribution in [0, 0.1) is 6.92 Å². The molecule has 0 radical (unpaired) electrons. The van der Waals surface area contributed by atoms with Gasteiger partial charge in [0, 0.05) is 31.4 Å². The number of carbonyl (C=O) groups is 2. The number of halogens is 1. The van der Waals surface area contributed by atoms with Crippen LogP contribution in [0.25, 0.3) is 11.2 Å². The van der Waals surface area contributed by atoms with Crippen molar-refractivity contribution < 1.29 is 9.59 Å². The van der Waals surface area contributed by atoms with Crippen LogP contribution in [-0.2, 0) is 13.0 Å². The Morgan fingerprint density at radius 2 is 1.90 bits per heavy atom. The van der Waals surface area contributed by atoms with Crippen molar-refractivity contribution >= 4 is 40.3 Å². The van der Waals surface area contributed by atoms with Crippen molar-refractivity contribution in [1.29, 1.82) is 0 Å². The van der Waals surface area contributed by atoms with Gasteiger partial charge in [0.1, 0.15) is 11.3 Å². The van der Waals surface area contributed by atoms with E-state index >= 15 is 0 Å². The standard InChI is InChI=1S/C21H22ClN5O2/c1-12-10-15(18-19(24-12)27-9-5-3-4-6-17(27)26-18)21(29)25-13-7-8-16(22)14(11-13)20(28)23-2/h7-8,10-11H,3-6,9H2,1-2H3,(H,23,28)(H,25,29). The number of aromatic nitrogens is 3. The Balaban J connectivity index is 1.72. The maximum Gasteiger partial charge on any atom is 0.258 e. The van der Waals surface area contributed by atoms with E-state index in [1.165, 1.54) is 13.5 Å². The molecule has 1 aromatic carbocycles. The number of aryl methyl sites for hydroxylation is 3. The minimum absolute atomic E-state index is 0.293. The van der Waals surface area contributed by atoms with Crippen molar-refractivity contribution in [1.82, 2.24) is 19.9 Å². The van der Waals surface area contributed by atoms with Crippen molar-refractivity contribution in [2.45, 2.75) is 39.2 Å². The highest BCUT2D eigenvalue weighted by Crippen LogP contribution is 2.26. The smallest absolute Gasteiger partial charge is 0.258 e. The van der Waals surface area contributed by atoms with Gasteiger partial charge in [0.2, 0.25) is 0 Å². The third kappa shape index (κ3) is 3.70. The maximum atomic E-state index is 13.1. The van der Waals surface area contributed by atoms with E-state index < -0.39 is 0 Å². The Hall–Kier alpha value is -2.93. The first-order valence-corrected chi connectivity index (χ1v) is 10.1. The molecule has 3 aromatic rings. The number of anilines is 1. The number of nitrogens with one attached hydrogen (secondary N) is 2. The summed E-state index contributed by atoms with van der Waals surface area (Å²) in [5, 5.41) is 5.73. The summed E-state index contributed by atoms with van der Waals surface area (Å²) in [6, 6.07) is 6.57. The van der Waals surface area contributed by atoms with E-state index in [0.29, 0.717) is 27.4 Å². The van der Waals surface area contributed by atoms with Gasteiger partial charge in [-0.05, 0) is 44.0 Å². The van der Waals surface area contributed by atoms with Crippen LogP contribution in [0.4, 0.5) is 5.69 Å². The summed E-state index contributed by atoms with van der Waals surface area (Å²) in [6.45, 7) is 2.74. The van der Waals surface area contributed by atoms with Gasteiger partial charge in [0.25, 0.3) is 11.8 Å². The van der Waals surface area contributed by atoms with Gasteiger partial charge in [0.15, 0.2) is 5.65 Å². The molecule has 3 heterocycles. The first-order chi connectivity index (χ1) is 14.0. The fourth-order valence-electron chi connectivity index (χ4n) is 3.70. The Labute approximate surface area is 173 Å². The molecule has 0 spiro atoms. The summed E-state index contributed by atoms with van der Waals surface area (Å²) >= 11 is 6.10. The second-order valence-electron chi connectivity index (χ2n) is 7.20. The Morgan fingerprint density at radius 1 is 1.07 bits per heavy atom. The molecule has 7 nitrogen and oxygen atoms in total. The number of benzene rings is 1. The molecular weight excluding hydrogens is 390 g/mol. The highest BCUT2D eigenvalue weighted by Gasteiger charge is 2.21. The molecule has 0 atom stereocenters. The van der Waals surface area contributed by atoms with Crippen molar-refractivity contribution in [2.75, 3.05) is 12.4 Å². The average molecular weight is 412 g/mol. The largest absolute Gasteiger partial charge is 0.355 e. The third-order valence-electron chi connectivity index (χ3n) is 5.13. The highest BCUT2D eigenvalue weighted by molar-refractivity contribution is 6.34. The number of carbonyl (C=O) groups excluding carboxylic acids is 2. The van der Waals surface area contributed by atoms with Crippen LogP contribution in [0.15, 0.2) is 24.3 Å². The number of pyridine rings is 1. The van der Waals surface area contributed by atoms with Gasteiger partial charge in [-0.25, -0.2) is 9.97 Å². The SMILES string of the molecule is CNC(=O)c1cc(NC(=O)c2cc(C)nc3c2nc2n3CCCCC2)ccc1Cl. The van der Waals surface area contributed by atoms with Crippen LogP contribution < -0.4 is 10.6 Å². The van der Waals surface area contributed by atoms with Crippen LogP contribution in [-0.4, -0.2) is 33.4 Å². The van der Waals surface area contributed by atoms with Crippen LogP contribution >= 0.6 is 11.6 Å². The Bertz CT molecular complexity index is 1120. The molecule has 0 unspecified atom stereocenters. The van der Waals surface area contributed by atoms with Gasteiger partial charge in [-0.1, -0.05) is 18.0 Å². The molecule has 2 aromatic heterocycles. The molecule has 2 amide bonds. The maximum absolute atomic E-state index is 13.1. The predicted molar refractivity (Wildman–Crippen MR) is 113 cm³/mol. The number of nitrogens with zero attached hydrogens (tertiary/aromatic N) is 3. The average Bonchev–Trinajstić information content (AvgIpc) is 2.89. The van der Waals surface area contributed by atoms with Crippen molar-refractivity contribution in [3.05, 3.63) is 51.9 Å². The molecule has 0 fully saturated rings.